The second-order valence-electron chi connectivity index (χ2n) is 3.78. The van der Waals surface area contributed by atoms with Crippen molar-refractivity contribution in [3.8, 4) is 0 Å². The molecule has 0 atom stereocenters. The number of aryl methyl sites for hydroxylation is 1. The van der Waals surface area contributed by atoms with E-state index in [-0.39, 0.29) is 17.6 Å². The number of hydrogen-bond acceptors (Lipinski definition) is 4. The molecule has 0 spiro atoms. The fourth-order valence-electron chi connectivity index (χ4n) is 1.52. The van der Waals surface area contributed by atoms with Crippen molar-refractivity contribution in [1.29, 1.82) is 0 Å². The Hall–Kier alpha value is -1.89. The molecular weight excluding hydrogens is 212 g/mol. The Kier molecular flexibility index (Phi) is 2.61. The second-order valence-corrected chi connectivity index (χ2v) is 3.78. The lowest BCUT2D eigenvalue weighted by Crippen LogP contribution is -2.57. The lowest BCUT2D eigenvalue weighted by Gasteiger charge is -2.27. The van der Waals surface area contributed by atoms with E-state index in [0.29, 0.717) is 5.69 Å². The molecule has 0 unspecified atom stereocenters. The summed E-state index contributed by atoms with van der Waals surface area (Å²) in [4.78, 5) is 21.7. The highest BCUT2D eigenvalue weighted by atomic mass is 16.6. The summed E-state index contributed by atoms with van der Waals surface area (Å²) in [5, 5.41) is 16.3. The predicted molar refractivity (Wildman–Crippen MR) is 56.2 cm³/mol. The van der Waals surface area contributed by atoms with Gasteiger partial charge in [0.2, 0.25) is 0 Å². The highest BCUT2D eigenvalue weighted by Crippen LogP contribution is 2.15. The zero-order valence-corrected chi connectivity index (χ0v) is 8.77. The molecule has 1 amide bonds. The van der Waals surface area contributed by atoms with Gasteiger partial charge in [0.15, 0.2) is 0 Å². The number of aromatic nitrogens is 1. The number of hydrogen-bond donors (Lipinski definition) is 2. The number of amides is 1. The summed E-state index contributed by atoms with van der Waals surface area (Å²) in [5.74, 6) is -0.276. The molecular formula is C9H12N4O3. The first kappa shape index (κ1) is 10.6. The van der Waals surface area contributed by atoms with Crippen LogP contribution in [0, 0.1) is 10.1 Å². The normalized spacial score (nSPS) is 15.6. The van der Waals surface area contributed by atoms with E-state index in [2.05, 4.69) is 10.6 Å². The number of nitrogens with one attached hydrogen (secondary N) is 2. The molecule has 2 heterocycles. The SMILES string of the molecule is Cn1cc([N+](=O)[O-])cc1C(=O)NC1CNC1. The number of carbonyl (C=O) groups excluding carboxylic acids is 1. The van der Waals surface area contributed by atoms with Crippen molar-refractivity contribution in [3.05, 3.63) is 28.1 Å². The highest BCUT2D eigenvalue weighted by molar-refractivity contribution is 5.93. The third kappa shape index (κ3) is 1.89. The van der Waals surface area contributed by atoms with Gasteiger partial charge in [-0.3, -0.25) is 14.9 Å². The van der Waals surface area contributed by atoms with E-state index in [1.54, 1.807) is 7.05 Å². The van der Waals surface area contributed by atoms with Gasteiger partial charge >= 0.3 is 0 Å². The Morgan fingerprint density at radius 2 is 2.38 bits per heavy atom. The molecule has 1 aliphatic rings. The Balaban J connectivity index is 2.12. The van der Waals surface area contributed by atoms with Crippen molar-refractivity contribution >= 4 is 11.6 Å². The van der Waals surface area contributed by atoms with Crippen molar-refractivity contribution in [2.75, 3.05) is 13.1 Å². The number of carbonyl (C=O) groups is 1. The Bertz CT molecular complexity index is 436. The maximum absolute atomic E-state index is 11.7. The van der Waals surface area contributed by atoms with Crippen LogP contribution < -0.4 is 10.6 Å². The van der Waals surface area contributed by atoms with Gasteiger partial charge in [0.05, 0.1) is 17.2 Å². The van der Waals surface area contributed by atoms with Crippen molar-refractivity contribution in [3.63, 3.8) is 0 Å². The average Bonchev–Trinajstić information content (AvgIpc) is 2.54. The summed E-state index contributed by atoms with van der Waals surface area (Å²) in [5.41, 5.74) is 0.234. The minimum absolute atomic E-state index is 0.0700. The van der Waals surface area contributed by atoms with E-state index < -0.39 is 4.92 Å². The van der Waals surface area contributed by atoms with Crippen LogP contribution in [-0.2, 0) is 7.05 Å². The Morgan fingerprint density at radius 1 is 1.69 bits per heavy atom. The summed E-state index contributed by atoms with van der Waals surface area (Å²) in [6, 6.07) is 1.41. The molecule has 1 aromatic heterocycles. The fourth-order valence-corrected chi connectivity index (χ4v) is 1.52. The van der Waals surface area contributed by atoms with Crippen molar-refractivity contribution in [1.82, 2.24) is 15.2 Å². The summed E-state index contributed by atoms with van der Waals surface area (Å²) in [6.45, 7) is 1.50. The second kappa shape index (κ2) is 3.93. The van der Waals surface area contributed by atoms with E-state index in [9.17, 15) is 14.9 Å². The first-order valence-electron chi connectivity index (χ1n) is 4.90. The van der Waals surface area contributed by atoms with Gasteiger partial charge in [-0.05, 0) is 0 Å². The number of rotatable bonds is 3. The van der Waals surface area contributed by atoms with Crippen LogP contribution >= 0.6 is 0 Å². The largest absolute Gasteiger partial charge is 0.345 e. The molecule has 0 aliphatic carbocycles. The van der Waals surface area contributed by atoms with Crippen LogP contribution in [0.4, 0.5) is 5.69 Å². The van der Waals surface area contributed by atoms with Gasteiger partial charge in [0, 0.05) is 26.2 Å². The molecule has 1 saturated heterocycles. The van der Waals surface area contributed by atoms with E-state index in [1.165, 1.54) is 16.8 Å². The van der Waals surface area contributed by atoms with Crippen LogP contribution in [0.3, 0.4) is 0 Å². The van der Waals surface area contributed by atoms with Gasteiger partial charge < -0.3 is 15.2 Å². The van der Waals surface area contributed by atoms with E-state index in [0.717, 1.165) is 13.1 Å². The molecule has 7 heteroatoms. The van der Waals surface area contributed by atoms with Gasteiger partial charge in [-0.2, -0.15) is 0 Å². The monoisotopic (exact) mass is 224 g/mol. The molecule has 1 aromatic rings. The molecule has 7 nitrogen and oxygen atoms in total. The van der Waals surface area contributed by atoms with Crippen LogP contribution in [0.25, 0.3) is 0 Å². The Labute approximate surface area is 91.6 Å². The zero-order chi connectivity index (χ0) is 11.7. The van der Waals surface area contributed by atoms with Gasteiger partial charge in [0.25, 0.3) is 11.6 Å². The molecule has 2 N–H and O–H groups in total. The molecule has 16 heavy (non-hydrogen) atoms. The van der Waals surface area contributed by atoms with E-state index in [1.807, 2.05) is 0 Å². The minimum atomic E-state index is -0.512. The third-order valence-corrected chi connectivity index (χ3v) is 2.55. The summed E-state index contributed by atoms with van der Waals surface area (Å²) in [7, 11) is 1.61. The van der Waals surface area contributed by atoms with E-state index >= 15 is 0 Å². The molecule has 0 radical (unpaired) electrons. The first-order chi connectivity index (χ1) is 7.58. The molecule has 0 saturated carbocycles. The molecule has 86 valence electrons. The van der Waals surface area contributed by atoms with Gasteiger partial charge in [-0.15, -0.1) is 0 Å². The van der Waals surface area contributed by atoms with Gasteiger partial charge in [0.1, 0.15) is 5.69 Å². The standard InChI is InChI=1S/C9H12N4O3/c1-12-5-7(13(15)16)2-8(12)9(14)11-6-3-10-4-6/h2,5-6,10H,3-4H2,1H3,(H,11,14). The summed E-state index contributed by atoms with van der Waals surface area (Å²) in [6.07, 6.45) is 1.33. The lowest BCUT2D eigenvalue weighted by molar-refractivity contribution is -0.384. The first-order valence-corrected chi connectivity index (χ1v) is 4.90. The average molecular weight is 224 g/mol. The van der Waals surface area contributed by atoms with Crippen LogP contribution in [0.2, 0.25) is 0 Å². The molecule has 0 aromatic carbocycles. The lowest BCUT2D eigenvalue weighted by atomic mass is 10.2. The number of nitrogens with zero attached hydrogens (tertiary/aromatic N) is 2. The highest BCUT2D eigenvalue weighted by Gasteiger charge is 2.23. The van der Waals surface area contributed by atoms with Crippen LogP contribution in [-0.4, -0.2) is 34.5 Å². The quantitative estimate of drug-likeness (QED) is 0.541. The maximum atomic E-state index is 11.7. The molecule has 1 aliphatic heterocycles. The fraction of sp³-hybridized carbons (Fsp3) is 0.444. The van der Waals surface area contributed by atoms with Crippen LogP contribution in [0.1, 0.15) is 10.5 Å². The van der Waals surface area contributed by atoms with Crippen LogP contribution in [0.15, 0.2) is 12.3 Å². The van der Waals surface area contributed by atoms with Crippen LogP contribution in [0.5, 0.6) is 0 Å². The minimum Gasteiger partial charge on any atom is -0.345 e. The topological polar surface area (TPSA) is 89.2 Å². The Morgan fingerprint density at radius 3 is 2.81 bits per heavy atom. The van der Waals surface area contributed by atoms with Crippen molar-refractivity contribution in [2.45, 2.75) is 6.04 Å². The molecule has 0 bridgehead atoms. The number of nitro groups is 1. The molecule has 1 fully saturated rings. The van der Waals surface area contributed by atoms with E-state index in [4.69, 9.17) is 0 Å². The summed E-state index contributed by atoms with van der Waals surface area (Å²) < 4.78 is 1.46. The predicted octanol–water partition coefficient (Wildman–Crippen LogP) is -0.365. The molecule has 2 rings (SSSR count). The summed E-state index contributed by atoms with van der Waals surface area (Å²) >= 11 is 0. The van der Waals surface area contributed by atoms with Gasteiger partial charge in [-0.25, -0.2) is 0 Å². The maximum Gasteiger partial charge on any atom is 0.287 e. The zero-order valence-electron chi connectivity index (χ0n) is 8.77. The van der Waals surface area contributed by atoms with Crippen molar-refractivity contribution < 1.29 is 9.72 Å². The smallest absolute Gasteiger partial charge is 0.287 e. The third-order valence-electron chi connectivity index (χ3n) is 2.55. The van der Waals surface area contributed by atoms with Crippen molar-refractivity contribution in [2.24, 2.45) is 7.05 Å². The van der Waals surface area contributed by atoms with Gasteiger partial charge in [-0.1, -0.05) is 0 Å².